The summed E-state index contributed by atoms with van der Waals surface area (Å²) in [6, 6.07) is 18.7. The Labute approximate surface area is 282 Å². The smallest absolute Gasteiger partial charge is 0.433 e. The number of carboxylic acid groups (broad SMARTS) is 1. The molecule has 1 N–H and O–H groups in total. The molecule has 0 aliphatic carbocycles. The van der Waals surface area contributed by atoms with Crippen LogP contribution in [-0.4, -0.2) is 36.0 Å². The third-order valence-electron chi connectivity index (χ3n) is 8.77. The van der Waals surface area contributed by atoms with Gasteiger partial charge in [-0.1, -0.05) is 36.4 Å². The van der Waals surface area contributed by atoms with Gasteiger partial charge in [-0.15, -0.1) is 0 Å². The van der Waals surface area contributed by atoms with Gasteiger partial charge >= 0.3 is 18.3 Å². The molecule has 4 heterocycles. The molecule has 7 nitrogen and oxygen atoms in total. The first kappa shape index (κ1) is 35.8. The van der Waals surface area contributed by atoms with Crippen molar-refractivity contribution < 1.29 is 41.0 Å². The molecule has 0 bridgehead atoms. The lowest BCUT2D eigenvalue weighted by molar-refractivity contribution is -0.142. The molecule has 0 amide bonds. The molecule has 6 aromatic rings. The summed E-state index contributed by atoms with van der Waals surface area (Å²) in [4.78, 5) is 30.5. The number of aromatic carboxylic acids is 1. The number of pyridine rings is 2. The zero-order valence-corrected chi connectivity index (χ0v) is 27.6. The van der Waals surface area contributed by atoms with E-state index in [9.17, 15) is 41.0 Å². The number of Topliss-reactive ketones (excluding diaryl/α,β-unsaturated/α-hetero) is 1. The Morgan fingerprint density at radius 1 is 0.660 bits per heavy atom. The van der Waals surface area contributed by atoms with E-state index in [1.807, 2.05) is 42.7 Å². The Balaban J connectivity index is 0.000000194. The molecule has 0 radical (unpaired) electrons. The number of carbonyl (C=O) groups excluding carboxylic acids is 1. The molecule has 4 aromatic heterocycles. The van der Waals surface area contributed by atoms with Gasteiger partial charge in [-0.05, 0) is 82.1 Å². The van der Waals surface area contributed by atoms with Crippen LogP contribution in [0.25, 0.3) is 21.8 Å². The highest BCUT2D eigenvalue weighted by molar-refractivity contribution is 6.08. The zero-order valence-electron chi connectivity index (χ0n) is 27.6. The number of alkyl halides is 6. The number of carboxylic acids is 1. The second kappa shape index (κ2) is 13.4. The van der Waals surface area contributed by atoms with Crippen molar-refractivity contribution in [1.82, 2.24) is 19.1 Å². The van der Waals surface area contributed by atoms with Crippen LogP contribution in [0.4, 0.5) is 26.3 Å². The average molecular weight is 695 g/mol. The molecule has 6 rings (SSSR count). The van der Waals surface area contributed by atoms with E-state index in [2.05, 4.69) is 9.97 Å². The maximum Gasteiger partial charge on any atom is 0.433 e. The maximum atomic E-state index is 13.0. The van der Waals surface area contributed by atoms with E-state index in [4.69, 9.17) is 0 Å². The van der Waals surface area contributed by atoms with Crippen LogP contribution in [0.3, 0.4) is 0 Å². The van der Waals surface area contributed by atoms with E-state index in [1.165, 1.54) is 19.2 Å². The standard InChI is InChI=1S/C19H17F3N2O.C18H15F3N2O2/c1-11(14-8-9-23-17(10-14)19(20,21)22)24-12(2)18(13(3)25)15-6-4-5-7-16(15)24;1-10(12-7-8-22-15(9-12)18(19,20)21)23-11(2)16(17(24)25)13-5-3-4-6-14(13)23/h4-11H,1-3H3;3-10H,1-2H3,(H,24,25). The van der Waals surface area contributed by atoms with Crippen molar-refractivity contribution in [1.29, 1.82) is 0 Å². The van der Waals surface area contributed by atoms with Crippen LogP contribution in [0.15, 0.2) is 85.2 Å². The fraction of sp³-hybridized carbons (Fsp3) is 0.243. The minimum absolute atomic E-state index is 0.0645. The van der Waals surface area contributed by atoms with Crippen molar-refractivity contribution in [3.05, 3.63) is 130 Å². The highest BCUT2D eigenvalue weighted by atomic mass is 19.4. The number of carbonyl (C=O) groups is 2. The molecule has 0 aliphatic heterocycles. The number of para-hydroxylation sites is 2. The van der Waals surface area contributed by atoms with Crippen molar-refractivity contribution in [3.8, 4) is 0 Å². The van der Waals surface area contributed by atoms with E-state index < -0.39 is 35.8 Å². The van der Waals surface area contributed by atoms with Crippen molar-refractivity contribution in [2.45, 2.75) is 59.1 Å². The Morgan fingerprint density at radius 2 is 1.04 bits per heavy atom. The molecule has 0 spiro atoms. The maximum absolute atomic E-state index is 13.0. The summed E-state index contributed by atoms with van der Waals surface area (Å²) < 4.78 is 81.3. The number of nitrogens with zero attached hydrogens (tertiary/aromatic N) is 4. The number of benzene rings is 2. The molecule has 0 aliphatic rings. The SMILES string of the molecule is CC(=O)c1c(C)n(C(C)c2ccnc(C(F)(F)F)c2)c2ccccc12.Cc1c(C(=O)O)c2ccccc2n1C(C)c1ccnc(C(F)(F)F)c1. The van der Waals surface area contributed by atoms with Crippen molar-refractivity contribution in [2.24, 2.45) is 0 Å². The molecule has 260 valence electrons. The van der Waals surface area contributed by atoms with Crippen LogP contribution in [-0.2, 0) is 12.4 Å². The fourth-order valence-electron chi connectivity index (χ4n) is 6.52. The van der Waals surface area contributed by atoms with Crippen LogP contribution in [0.2, 0.25) is 0 Å². The molecule has 0 saturated heterocycles. The Kier molecular flexibility index (Phi) is 9.64. The third-order valence-corrected chi connectivity index (χ3v) is 8.77. The molecule has 13 heteroatoms. The topological polar surface area (TPSA) is 90.0 Å². The zero-order chi connectivity index (χ0) is 36.7. The lowest BCUT2D eigenvalue weighted by atomic mass is 10.1. The van der Waals surface area contributed by atoms with Crippen molar-refractivity contribution in [2.75, 3.05) is 0 Å². The minimum Gasteiger partial charge on any atom is -0.478 e. The van der Waals surface area contributed by atoms with E-state index >= 15 is 0 Å². The van der Waals surface area contributed by atoms with E-state index in [0.717, 1.165) is 34.9 Å². The molecule has 0 fully saturated rings. The number of fused-ring (bicyclic) bond motifs is 2. The van der Waals surface area contributed by atoms with Gasteiger partial charge in [-0.2, -0.15) is 26.3 Å². The normalized spacial score (nSPS) is 13.2. The molecule has 50 heavy (non-hydrogen) atoms. The minimum atomic E-state index is -4.53. The Bertz CT molecular complexity index is 2080. The highest BCUT2D eigenvalue weighted by Crippen LogP contribution is 2.36. The quantitative estimate of drug-likeness (QED) is 0.139. The second-order valence-corrected chi connectivity index (χ2v) is 11.9. The first-order valence-electron chi connectivity index (χ1n) is 15.4. The van der Waals surface area contributed by atoms with Gasteiger partial charge in [0, 0.05) is 51.2 Å². The summed E-state index contributed by atoms with van der Waals surface area (Å²) in [6.45, 7) is 8.53. The van der Waals surface area contributed by atoms with Crippen LogP contribution < -0.4 is 0 Å². The number of hydrogen-bond acceptors (Lipinski definition) is 4. The van der Waals surface area contributed by atoms with Gasteiger partial charge in [0.1, 0.15) is 11.4 Å². The molecular weight excluding hydrogens is 662 g/mol. The largest absolute Gasteiger partial charge is 0.478 e. The third kappa shape index (κ3) is 6.72. The first-order chi connectivity index (χ1) is 23.4. The summed E-state index contributed by atoms with van der Waals surface area (Å²) >= 11 is 0. The van der Waals surface area contributed by atoms with Crippen LogP contribution in [0, 0.1) is 13.8 Å². The number of ketones is 1. The van der Waals surface area contributed by atoms with Crippen molar-refractivity contribution in [3.63, 3.8) is 0 Å². The van der Waals surface area contributed by atoms with Gasteiger partial charge in [0.15, 0.2) is 5.78 Å². The van der Waals surface area contributed by atoms with Gasteiger partial charge in [-0.25, -0.2) is 4.79 Å². The molecule has 2 atom stereocenters. The van der Waals surface area contributed by atoms with Crippen LogP contribution in [0.1, 0.15) is 87.5 Å². The summed E-state index contributed by atoms with van der Waals surface area (Å²) in [6.07, 6.45) is -6.74. The molecule has 0 saturated carbocycles. The fourth-order valence-corrected chi connectivity index (χ4v) is 6.52. The Morgan fingerprint density at radius 3 is 1.42 bits per heavy atom. The number of hydrogen-bond donors (Lipinski definition) is 1. The van der Waals surface area contributed by atoms with E-state index in [1.54, 1.807) is 48.7 Å². The van der Waals surface area contributed by atoms with E-state index in [-0.39, 0.29) is 17.4 Å². The molecular formula is C37H32F6N4O3. The van der Waals surface area contributed by atoms with Gasteiger partial charge < -0.3 is 14.2 Å². The summed E-state index contributed by atoms with van der Waals surface area (Å²) in [5.41, 5.74) is 2.49. The lowest BCUT2D eigenvalue weighted by Crippen LogP contribution is -2.13. The second-order valence-electron chi connectivity index (χ2n) is 11.9. The first-order valence-corrected chi connectivity index (χ1v) is 15.4. The van der Waals surface area contributed by atoms with Crippen LogP contribution >= 0.6 is 0 Å². The predicted octanol–water partition coefficient (Wildman–Crippen LogP) is 9.85. The number of halogens is 6. The number of rotatable bonds is 6. The van der Waals surface area contributed by atoms with Gasteiger partial charge in [0.2, 0.25) is 0 Å². The monoisotopic (exact) mass is 694 g/mol. The average Bonchev–Trinajstić information content (AvgIpc) is 3.53. The number of aromatic nitrogens is 4. The molecule has 2 unspecified atom stereocenters. The highest BCUT2D eigenvalue weighted by Gasteiger charge is 2.34. The summed E-state index contributed by atoms with van der Waals surface area (Å²) in [7, 11) is 0. The van der Waals surface area contributed by atoms with Crippen molar-refractivity contribution >= 4 is 33.6 Å². The lowest BCUT2D eigenvalue weighted by Gasteiger charge is -2.19. The van der Waals surface area contributed by atoms with Gasteiger partial charge in [0.25, 0.3) is 0 Å². The summed E-state index contributed by atoms with van der Waals surface area (Å²) in [5.74, 6) is -1.13. The van der Waals surface area contributed by atoms with Gasteiger partial charge in [0.05, 0.1) is 17.6 Å². The van der Waals surface area contributed by atoms with E-state index in [0.29, 0.717) is 33.3 Å². The summed E-state index contributed by atoms with van der Waals surface area (Å²) in [5, 5.41) is 10.9. The predicted molar refractivity (Wildman–Crippen MR) is 176 cm³/mol. The van der Waals surface area contributed by atoms with Gasteiger partial charge in [-0.3, -0.25) is 14.8 Å². The molecule has 2 aromatic carbocycles. The van der Waals surface area contributed by atoms with Crippen LogP contribution in [0.5, 0.6) is 0 Å². The Hall–Kier alpha value is -5.46.